The Hall–Kier alpha value is -1.17. The van der Waals surface area contributed by atoms with E-state index in [0.29, 0.717) is 22.6 Å². The second kappa shape index (κ2) is 6.52. The lowest BCUT2D eigenvalue weighted by atomic mass is 9.95. The Labute approximate surface area is 127 Å². The summed E-state index contributed by atoms with van der Waals surface area (Å²) in [6, 6.07) is 2.96. The van der Waals surface area contributed by atoms with Crippen LogP contribution in [0.25, 0.3) is 11.5 Å². The molecule has 0 aliphatic carbocycles. The number of halogens is 3. The first-order chi connectivity index (χ1) is 9.24. The van der Waals surface area contributed by atoms with E-state index in [-0.39, 0.29) is 18.2 Å². The molecule has 0 unspecified atom stereocenters. The highest BCUT2D eigenvalue weighted by atomic mass is 35.5. The standard InChI is InChI=1S/C13H14ClFN4.ClH/c14-12-11(8-3-5-16-6-4-8)18-13(19-12)10-2-1-9(15)7-17-10;/h1-2,7-8,16H,3-6H2,(H,18,19);1H. The van der Waals surface area contributed by atoms with E-state index >= 15 is 0 Å². The predicted octanol–water partition coefficient (Wildman–Crippen LogP) is 3.15. The van der Waals surface area contributed by atoms with Crippen LogP contribution in [0.2, 0.25) is 5.15 Å². The number of nitrogens with one attached hydrogen (secondary N) is 2. The maximum Gasteiger partial charge on any atom is 0.158 e. The van der Waals surface area contributed by atoms with E-state index in [0.717, 1.165) is 31.6 Å². The second-order valence-corrected chi connectivity index (χ2v) is 5.03. The zero-order chi connectivity index (χ0) is 13.2. The van der Waals surface area contributed by atoms with Crippen LogP contribution in [0.1, 0.15) is 24.5 Å². The summed E-state index contributed by atoms with van der Waals surface area (Å²) in [5.74, 6) is 0.633. The summed E-state index contributed by atoms with van der Waals surface area (Å²) >= 11 is 6.19. The number of hydrogen-bond acceptors (Lipinski definition) is 3. The molecule has 1 fully saturated rings. The lowest BCUT2D eigenvalue weighted by Gasteiger charge is -2.21. The van der Waals surface area contributed by atoms with Crippen molar-refractivity contribution in [3.63, 3.8) is 0 Å². The van der Waals surface area contributed by atoms with Crippen molar-refractivity contribution in [2.24, 2.45) is 0 Å². The average Bonchev–Trinajstić information content (AvgIpc) is 2.83. The van der Waals surface area contributed by atoms with Gasteiger partial charge in [0.25, 0.3) is 0 Å². The number of aromatic amines is 1. The maximum atomic E-state index is 12.9. The summed E-state index contributed by atoms with van der Waals surface area (Å²) < 4.78 is 12.9. The number of aromatic nitrogens is 3. The Morgan fingerprint density at radius 3 is 2.65 bits per heavy atom. The SMILES string of the molecule is Cl.Fc1ccc(-c2nc(Cl)c(C3CCNCC3)[nH]2)nc1. The predicted molar refractivity (Wildman–Crippen MR) is 78.9 cm³/mol. The van der Waals surface area contributed by atoms with Gasteiger partial charge in [0.2, 0.25) is 0 Å². The number of hydrogen-bond donors (Lipinski definition) is 2. The first-order valence-electron chi connectivity index (χ1n) is 6.32. The van der Waals surface area contributed by atoms with Crippen molar-refractivity contribution in [2.45, 2.75) is 18.8 Å². The number of H-pyrrole nitrogens is 1. The van der Waals surface area contributed by atoms with Crippen molar-refractivity contribution in [1.82, 2.24) is 20.3 Å². The molecule has 0 saturated carbocycles. The van der Waals surface area contributed by atoms with Crippen molar-refractivity contribution in [1.29, 1.82) is 0 Å². The van der Waals surface area contributed by atoms with Gasteiger partial charge >= 0.3 is 0 Å². The van der Waals surface area contributed by atoms with Gasteiger partial charge in [-0.1, -0.05) is 11.6 Å². The van der Waals surface area contributed by atoms with Crippen molar-refractivity contribution in [2.75, 3.05) is 13.1 Å². The molecule has 0 bridgehead atoms. The van der Waals surface area contributed by atoms with Gasteiger partial charge in [-0.2, -0.15) is 0 Å². The maximum absolute atomic E-state index is 12.9. The molecule has 4 nitrogen and oxygen atoms in total. The number of nitrogens with zero attached hydrogens (tertiary/aromatic N) is 2. The highest BCUT2D eigenvalue weighted by molar-refractivity contribution is 6.30. The molecule has 0 atom stereocenters. The minimum Gasteiger partial charge on any atom is -0.339 e. The van der Waals surface area contributed by atoms with E-state index in [1.807, 2.05) is 0 Å². The van der Waals surface area contributed by atoms with Crippen molar-refractivity contribution in [3.05, 3.63) is 35.0 Å². The van der Waals surface area contributed by atoms with Crippen LogP contribution in [0.15, 0.2) is 18.3 Å². The molecule has 20 heavy (non-hydrogen) atoms. The fourth-order valence-electron chi connectivity index (χ4n) is 2.38. The van der Waals surface area contributed by atoms with Crippen LogP contribution < -0.4 is 5.32 Å². The molecule has 0 aromatic carbocycles. The van der Waals surface area contributed by atoms with E-state index in [4.69, 9.17) is 11.6 Å². The van der Waals surface area contributed by atoms with Crippen molar-refractivity contribution in [3.8, 4) is 11.5 Å². The Kier molecular flexibility index (Phi) is 4.96. The van der Waals surface area contributed by atoms with Gasteiger partial charge in [-0.3, -0.25) is 0 Å². The summed E-state index contributed by atoms with van der Waals surface area (Å²) in [6.45, 7) is 1.98. The monoisotopic (exact) mass is 316 g/mol. The van der Waals surface area contributed by atoms with Gasteiger partial charge < -0.3 is 10.3 Å². The molecule has 1 aliphatic rings. The third-order valence-corrected chi connectivity index (χ3v) is 3.69. The Balaban J connectivity index is 0.00000147. The van der Waals surface area contributed by atoms with Gasteiger partial charge in [0, 0.05) is 5.92 Å². The van der Waals surface area contributed by atoms with Gasteiger partial charge in [0.15, 0.2) is 11.0 Å². The summed E-state index contributed by atoms with van der Waals surface area (Å²) in [5.41, 5.74) is 1.56. The third-order valence-electron chi connectivity index (χ3n) is 3.40. The lowest BCUT2D eigenvalue weighted by molar-refractivity contribution is 0.454. The molecule has 2 aromatic heterocycles. The smallest absolute Gasteiger partial charge is 0.158 e. The van der Waals surface area contributed by atoms with Gasteiger partial charge in [-0.05, 0) is 38.1 Å². The van der Waals surface area contributed by atoms with Gasteiger partial charge in [-0.15, -0.1) is 12.4 Å². The summed E-state index contributed by atoms with van der Waals surface area (Å²) in [6.07, 6.45) is 3.26. The van der Waals surface area contributed by atoms with E-state index < -0.39 is 0 Å². The van der Waals surface area contributed by atoms with Crippen LogP contribution in [0.4, 0.5) is 4.39 Å². The molecule has 3 heterocycles. The molecule has 2 N–H and O–H groups in total. The first-order valence-corrected chi connectivity index (χ1v) is 6.70. The van der Waals surface area contributed by atoms with E-state index in [1.165, 1.54) is 12.3 Å². The Bertz CT molecular complexity index is 564. The van der Waals surface area contributed by atoms with Crippen molar-refractivity contribution >= 4 is 24.0 Å². The molecule has 108 valence electrons. The Morgan fingerprint density at radius 1 is 1.25 bits per heavy atom. The molecule has 3 rings (SSSR count). The largest absolute Gasteiger partial charge is 0.339 e. The summed E-state index contributed by atoms with van der Waals surface area (Å²) in [4.78, 5) is 11.5. The fraction of sp³-hybridized carbons (Fsp3) is 0.385. The summed E-state index contributed by atoms with van der Waals surface area (Å²) in [5, 5.41) is 3.81. The first kappa shape index (κ1) is 15.2. The zero-order valence-electron chi connectivity index (χ0n) is 10.7. The normalized spacial score (nSPS) is 15.9. The molecule has 0 radical (unpaired) electrons. The molecule has 1 saturated heterocycles. The van der Waals surface area contributed by atoms with Gasteiger partial charge in [-0.25, -0.2) is 14.4 Å². The second-order valence-electron chi connectivity index (χ2n) is 4.68. The Morgan fingerprint density at radius 2 is 2.00 bits per heavy atom. The fourth-order valence-corrected chi connectivity index (χ4v) is 2.67. The number of piperidine rings is 1. The molecule has 0 spiro atoms. The van der Waals surface area contributed by atoms with Crippen LogP contribution in [0.5, 0.6) is 0 Å². The van der Waals surface area contributed by atoms with Crippen LogP contribution in [0, 0.1) is 5.82 Å². The van der Waals surface area contributed by atoms with Crippen LogP contribution in [-0.4, -0.2) is 28.0 Å². The molecule has 1 aliphatic heterocycles. The van der Waals surface area contributed by atoms with Gasteiger partial charge in [0.05, 0.1) is 11.9 Å². The minimum atomic E-state index is -0.361. The van der Waals surface area contributed by atoms with E-state index in [1.54, 1.807) is 6.07 Å². The third kappa shape index (κ3) is 3.11. The lowest BCUT2D eigenvalue weighted by Crippen LogP contribution is -2.26. The topological polar surface area (TPSA) is 53.6 Å². The van der Waals surface area contributed by atoms with Gasteiger partial charge in [0.1, 0.15) is 11.5 Å². The van der Waals surface area contributed by atoms with Crippen LogP contribution >= 0.6 is 24.0 Å². The molecule has 0 amide bonds. The summed E-state index contributed by atoms with van der Waals surface area (Å²) in [7, 11) is 0. The van der Waals surface area contributed by atoms with E-state index in [9.17, 15) is 4.39 Å². The van der Waals surface area contributed by atoms with Crippen molar-refractivity contribution < 1.29 is 4.39 Å². The molecular formula is C13H15Cl2FN4. The number of imidazole rings is 1. The van der Waals surface area contributed by atoms with Crippen LogP contribution in [-0.2, 0) is 0 Å². The highest BCUT2D eigenvalue weighted by Gasteiger charge is 2.21. The molecule has 2 aromatic rings. The average molecular weight is 317 g/mol. The van der Waals surface area contributed by atoms with Crippen LogP contribution in [0.3, 0.4) is 0 Å². The highest BCUT2D eigenvalue weighted by Crippen LogP contribution is 2.31. The van der Waals surface area contributed by atoms with E-state index in [2.05, 4.69) is 20.3 Å². The molecule has 7 heteroatoms. The number of pyridine rings is 1. The number of rotatable bonds is 2. The zero-order valence-corrected chi connectivity index (χ0v) is 12.3. The molecular weight excluding hydrogens is 302 g/mol. The quantitative estimate of drug-likeness (QED) is 0.894. The minimum absolute atomic E-state index is 0.